The molecule has 0 spiro atoms. The van der Waals surface area contributed by atoms with E-state index < -0.39 is 0 Å². The number of piperidine rings is 2. The first kappa shape index (κ1) is 36.3. The normalized spacial score (nSPS) is 27.5. The monoisotopic (exact) mass is 764 g/mol. The number of ether oxygens (including phenoxy) is 2. The predicted octanol–water partition coefficient (Wildman–Crippen LogP) is 10.0. The maximum Gasteiger partial charge on any atom is 0.137 e. The number of nitrogens with one attached hydrogen (secondary N) is 1. The second kappa shape index (κ2) is 15.8. The summed E-state index contributed by atoms with van der Waals surface area (Å²) in [5.74, 6) is 4.90. The van der Waals surface area contributed by atoms with Crippen LogP contribution in [0, 0.1) is 37.5 Å². The third kappa shape index (κ3) is 8.02. The molecule has 4 aromatic rings. The van der Waals surface area contributed by atoms with Crippen molar-refractivity contribution in [3.63, 3.8) is 0 Å². The van der Waals surface area contributed by atoms with E-state index in [1.807, 2.05) is 48.5 Å². The summed E-state index contributed by atoms with van der Waals surface area (Å²) in [6.07, 6.45) is 0. The Morgan fingerprint density at radius 1 is 0.694 bits per heavy atom. The molecule has 0 aromatic heterocycles. The van der Waals surface area contributed by atoms with Crippen LogP contribution in [-0.2, 0) is 10.8 Å². The Morgan fingerprint density at radius 3 is 1.63 bits per heavy atom. The quantitative estimate of drug-likeness (QED) is 0.172. The van der Waals surface area contributed by atoms with Crippen molar-refractivity contribution in [2.45, 2.75) is 38.5 Å². The number of alkyl halides is 1. The average Bonchev–Trinajstić information content (AvgIpc) is 3.57. The largest absolute Gasteiger partial charge is 0.491 e. The molecule has 2 saturated carbocycles. The number of aryl methyl sites for hydroxylation is 2. The van der Waals surface area contributed by atoms with Gasteiger partial charge in [0.1, 0.15) is 18.1 Å². The highest BCUT2D eigenvalue weighted by Crippen LogP contribution is 2.63. The van der Waals surface area contributed by atoms with Crippen LogP contribution in [-0.4, -0.2) is 56.2 Å². The molecule has 2 saturated heterocycles. The van der Waals surface area contributed by atoms with Crippen LogP contribution in [0.1, 0.15) is 37.5 Å². The minimum absolute atomic E-state index is 0. The molecule has 4 nitrogen and oxygen atoms in total. The number of hydrogen-bond acceptors (Lipinski definition) is 4. The zero-order valence-electron chi connectivity index (χ0n) is 29.1. The van der Waals surface area contributed by atoms with Crippen LogP contribution in [0.3, 0.4) is 0 Å². The lowest BCUT2D eigenvalue weighted by Crippen LogP contribution is -2.32. The van der Waals surface area contributed by atoms with Gasteiger partial charge in [0.2, 0.25) is 0 Å². The van der Waals surface area contributed by atoms with Gasteiger partial charge in [-0.3, -0.25) is 4.90 Å². The van der Waals surface area contributed by atoms with E-state index in [2.05, 4.69) is 102 Å². The Labute approximate surface area is 313 Å². The molecule has 0 bridgehead atoms. The van der Waals surface area contributed by atoms with Crippen molar-refractivity contribution in [3.8, 4) is 11.5 Å². The van der Waals surface area contributed by atoms with Crippen LogP contribution in [0.4, 0.5) is 0 Å². The van der Waals surface area contributed by atoms with E-state index in [1.54, 1.807) is 5.56 Å². The summed E-state index contributed by atoms with van der Waals surface area (Å²) in [6, 6.07) is 33.2. The van der Waals surface area contributed by atoms with Gasteiger partial charge < -0.3 is 14.8 Å². The molecule has 2 heterocycles. The number of para-hydroxylation sites is 2. The van der Waals surface area contributed by atoms with Gasteiger partial charge in [0.05, 0.1) is 16.7 Å². The summed E-state index contributed by atoms with van der Waals surface area (Å²) in [6.45, 7) is 16.3. The zero-order chi connectivity index (χ0) is 34.6. The average molecular weight is 767 g/mol. The number of benzene rings is 4. The van der Waals surface area contributed by atoms with Crippen molar-refractivity contribution in [1.29, 1.82) is 0 Å². The molecule has 0 radical (unpaired) electrons. The highest BCUT2D eigenvalue weighted by Gasteiger charge is 2.65. The van der Waals surface area contributed by atoms with Gasteiger partial charge >= 0.3 is 0 Å². The minimum atomic E-state index is 0. The van der Waals surface area contributed by atoms with Crippen LogP contribution < -0.4 is 14.8 Å². The van der Waals surface area contributed by atoms with Gasteiger partial charge in [-0.15, -0.1) is 0 Å². The van der Waals surface area contributed by atoms with Crippen LogP contribution >= 0.6 is 39.1 Å². The molecule has 49 heavy (non-hydrogen) atoms. The number of rotatable bonds is 9. The Balaban J connectivity index is 0.000000159. The molecule has 4 unspecified atom stereocenters. The van der Waals surface area contributed by atoms with E-state index >= 15 is 0 Å². The van der Waals surface area contributed by atoms with Gasteiger partial charge in [-0.2, -0.15) is 0 Å². The topological polar surface area (TPSA) is 33.7 Å². The molecule has 4 atom stereocenters. The highest BCUT2D eigenvalue weighted by atomic mass is 79.9. The Hall–Kier alpha value is -2.54. The van der Waals surface area contributed by atoms with Crippen LogP contribution in [0.2, 0.25) is 10.0 Å². The molecule has 7 heteroatoms. The first-order chi connectivity index (χ1) is 23.7. The van der Waals surface area contributed by atoms with Crippen molar-refractivity contribution < 1.29 is 10.9 Å². The number of fused-ring (bicyclic) bond motifs is 2. The number of likely N-dealkylation sites (tertiary alicyclic amines) is 1. The van der Waals surface area contributed by atoms with Gasteiger partial charge in [0.25, 0.3) is 0 Å². The van der Waals surface area contributed by atoms with Crippen LogP contribution in [0.25, 0.3) is 0 Å². The SMILES string of the molecule is Cc1cccc(C2(C)C3CN(CCOc4ccccc4Cl)CC32)c1.Cc1cccc(C2(C)C3CNCC32)c1.Clc1ccccc1OCCBr.[HH]. The van der Waals surface area contributed by atoms with Gasteiger partial charge in [-0.1, -0.05) is 137 Å². The van der Waals surface area contributed by atoms with Crippen molar-refractivity contribution in [3.05, 3.63) is 129 Å². The summed E-state index contributed by atoms with van der Waals surface area (Å²) in [4.78, 5) is 2.53. The molecule has 4 fully saturated rings. The number of nitrogens with zero attached hydrogens (tertiary/aromatic N) is 1. The number of halogens is 3. The van der Waals surface area contributed by atoms with E-state index in [4.69, 9.17) is 32.7 Å². The van der Waals surface area contributed by atoms with E-state index in [1.165, 1.54) is 42.9 Å². The van der Waals surface area contributed by atoms with Crippen molar-refractivity contribution in [1.82, 2.24) is 10.2 Å². The van der Waals surface area contributed by atoms with Gasteiger partial charge in [-0.25, -0.2) is 0 Å². The molecule has 4 aromatic carbocycles. The third-order valence-electron chi connectivity index (χ3n) is 11.4. The van der Waals surface area contributed by atoms with Gasteiger partial charge in [0, 0.05) is 37.2 Å². The Kier molecular flexibility index (Phi) is 11.7. The maximum atomic E-state index is 6.13. The van der Waals surface area contributed by atoms with Crippen LogP contribution in [0.5, 0.6) is 11.5 Å². The predicted molar refractivity (Wildman–Crippen MR) is 210 cm³/mol. The first-order valence-electron chi connectivity index (χ1n) is 17.5. The molecular weight excluding hydrogens is 715 g/mol. The van der Waals surface area contributed by atoms with Crippen molar-refractivity contribution in [2.24, 2.45) is 23.7 Å². The molecule has 2 aliphatic heterocycles. The lowest BCUT2D eigenvalue weighted by molar-refractivity contribution is 0.213. The van der Waals surface area contributed by atoms with E-state index in [0.29, 0.717) is 34.1 Å². The molecular formula is C42H51BrCl2N2O2. The highest BCUT2D eigenvalue weighted by molar-refractivity contribution is 9.09. The fourth-order valence-electron chi connectivity index (χ4n) is 8.32. The first-order valence-corrected chi connectivity index (χ1v) is 19.4. The summed E-state index contributed by atoms with van der Waals surface area (Å²) in [7, 11) is 0. The lowest BCUT2D eigenvalue weighted by atomic mass is 9.91. The van der Waals surface area contributed by atoms with Crippen molar-refractivity contribution in [2.75, 3.05) is 51.3 Å². The molecule has 0 amide bonds. The Morgan fingerprint density at radius 2 is 1.16 bits per heavy atom. The summed E-state index contributed by atoms with van der Waals surface area (Å²) in [5.41, 5.74) is 6.69. The summed E-state index contributed by atoms with van der Waals surface area (Å²) >= 11 is 15.2. The van der Waals surface area contributed by atoms with Gasteiger partial charge in [-0.05, 0) is 86.0 Å². The molecule has 4 aliphatic rings. The lowest BCUT2D eigenvalue weighted by Gasteiger charge is -2.24. The van der Waals surface area contributed by atoms with Crippen molar-refractivity contribution >= 4 is 39.1 Å². The second-order valence-electron chi connectivity index (χ2n) is 14.4. The second-order valence-corrected chi connectivity index (χ2v) is 16.0. The standard InChI is InChI=1S/C21H24ClNO.C13H17N.C8H8BrClO.H2/c1-15-6-5-7-16(12-15)21(2)17-13-23(14-18(17)21)10-11-24-20-9-4-3-8-19(20)22;1-9-4-3-5-10(6-9)13(2)11-7-14-8-12(11)13;9-5-6-11-8-4-2-1-3-7(8)10;/h3-9,12,17-18H,10-11,13-14H2,1-2H3;3-6,11-12,14H,7-8H2,1-2H3;1-4H,5-6H2;1H. The van der Waals surface area contributed by atoms with E-state index in [9.17, 15) is 0 Å². The minimum Gasteiger partial charge on any atom is -0.491 e. The summed E-state index contributed by atoms with van der Waals surface area (Å²) < 4.78 is 11.1. The third-order valence-corrected chi connectivity index (χ3v) is 12.4. The molecule has 1 N–H and O–H groups in total. The van der Waals surface area contributed by atoms with Gasteiger partial charge in [0.15, 0.2) is 0 Å². The Bertz CT molecular complexity index is 1700. The zero-order valence-corrected chi connectivity index (χ0v) is 32.2. The maximum absolute atomic E-state index is 6.13. The summed E-state index contributed by atoms with van der Waals surface area (Å²) in [5, 5.41) is 5.63. The number of hydrogen-bond donors (Lipinski definition) is 1. The van der Waals surface area contributed by atoms with E-state index in [-0.39, 0.29) is 1.43 Å². The van der Waals surface area contributed by atoms with E-state index in [0.717, 1.165) is 47.0 Å². The molecule has 8 rings (SSSR count). The molecule has 2 aliphatic carbocycles. The molecule has 262 valence electrons. The fourth-order valence-corrected chi connectivity index (χ4v) is 8.86. The van der Waals surface area contributed by atoms with Crippen LogP contribution in [0.15, 0.2) is 97.1 Å². The fraction of sp³-hybridized carbons (Fsp3) is 0.429. The smallest absolute Gasteiger partial charge is 0.137 e.